The average molecular weight is 737 g/mol. The predicted octanol–water partition coefficient (Wildman–Crippen LogP) is 8.16. The number of ether oxygens (including phenoxy) is 1. The van der Waals surface area contributed by atoms with Crippen molar-refractivity contribution in [3.63, 3.8) is 0 Å². The van der Waals surface area contributed by atoms with Gasteiger partial charge in [0.1, 0.15) is 17.6 Å². The van der Waals surface area contributed by atoms with Crippen LogP contribution in [0, 0.1) is 39.5 Å². The van der Waals surface area contributed by atoms with Crippen molar-refractivity contribution in [2.24, 2.45) is 11.8 Å². The van der Waals surface area contributed by atoms with E-state index in [4.69, 9.17) is 29.2 Å². The molecule has 8 rings (SSSR count). The van der Waals surface area contributed by atoms with Gasteiger partial charge >= 0.3 is 0 Å². The topological polar surface area (TPSA) is 73.4 Å². The van der Waals surface area contributed by atoms with E-state index in [1.165, 1.54) is 14.7 Å². The summed E-state index contributed by atoms with van der Waals surface area (Å²) >= 11 is 12.1. The van der Waals surface area contributed by atoms with E-state index in [1.807, 2.05) is 154 Å². The van der Waals surface area contributed by atoms with Gasteiger partial charge in [-0.3, -0.25) is 34.0 Å². The Bertz CT molecular complexity index is 2220. The van der Waals surface area contributed by atoms with Gasteiger partial charge in [-0.15, -0.1) is 0 Å². The van der Waals surface area contributed by atoms with Crippen LogP contribution >= 0.6 is 24.4 Å². The second kappa shape index (κ2) is 13.4. The van der Waals surface area contributed by atoms with Crippen molar-refractivity contribution in [2.75, 3.05) is 19.6 Å². The molecule has 3 aliphatic heterocycles. The van der Waals surface area contributed by atoms with Crippen molar-refractivity contribution in [1.82, 2.24) is 0 Å². The van der Waals surface area contributed by atoms with Gasteiger partial charge in [-0.2, -0.15) is 0 Å². The second-order valence-corrected chi connectivity index (χ2v) is 14.6. The highest BCUT2D eigenvalue weighted by Crippen LogP contribution is 2.51. The minimum atomic E-state index is -1.36. The Morgan fingerprint density at radius 1 is 0.472 bits per heavy atom. The Balaban J connectivity index is 1.35. The SMILES string of the molecule is Cc1ccc(N2C(=O)C([C@@H]3c4ccccc4O[C@@H]4[C@@H]3C(=O)N(c3ccc(C)cc3)C(=S)N4c3ccc(C)cc3)C(=O)N(c3ccc(C)cc3)C2=S)cc1. The van der Waals surface area contributed by atoms with E-state index in [2.05, 4.69) is 0 Å². The lowest BCUT2D eigenvalue weighted by atomic mass is 9.70. The number of nitrogens with zero attached hydrogens (tertiary/aromatic N) is 4. The van der Waals surface area contributed by atoms with Crippen LogP contribution in [0.3, 0.4) is 0 Å². The first-order valence-corrected chi connectivity index (χ1v) is 18.3. The Morgan fingerprint density at radius 2 is 0.868 bits per heavy atom. The van der Waals surface area contributed by atoms with Gasteiger partial charge in [0.05, 0.1) is 17.1 Å². The molecule has 5 aromatic carbocycles. The molecule has 3 aliphatic rings. The van der Waals surface area contributed by atoms with Crippen LogP contribution in [-0.4, -0.2) is 34.2 Å². The molecule has 3 atom stereocenters. The summed E-state index contributed by atoms with van der Waals surface area (Å²) < 4.78 is 6.75. The maximum absolute atomic E-state index is 15.3. The molecule has 264 valence electrons. The summed E-state index contributed by atoms with van der Waals surface area (Å²) in [6.45, 7) is 7.89. The monoisotopic (exact) mass is 736 g/mol. The molecule has 3 amide bonds. The smallest absolute Gasteiger partial charge is 0.246 e. The molecule has 2 saturated heterocycles. The molecule has 2 fully saturated rings. The van der Waals surface area contributed by atoms with E-state index in [0.29, 0.717) is 34.1 Å². The zero-order chi connectivity index (χ0) is 37.1. The molecule has 10 heteroatoms. The summed E-state index contributed by atoms with van der Waals surface area (Å²) in [5.74, 6) is -4.32. The third kappa shape index (κ3) is 5.78. The minimum absolute atomic E-state index is 0.0413. The summed E-state index contributed by atoms with van der Waals surface area (Å²) in [6.07, 6.45) is -0.977. The van der Waals surface area contributed by atoms with Crippen molar-refractivity contribution in [3.8, 4) is 5.75 Å². The van der Waals surface area contributed by atoms with E-state index < -0.39 is 35.8 Å². The third-order valence-corrected chi connectivity index (χ3v) is 11.0. The molecule has 0 aliphatic carbocycles. The Hall–Kier alpha value is -5.71. The lowest BCUT2D eigenvalue weighted by molar-refractivity contribution is -0.137. The zero-order valence-electron chi connectivity index (χ0n) is 29.6. The maximum Gasteiger partial charge on any atom is 0.246 e. The number of hydrogen-bond acceptors (Lipinski definition) is 6. The van der Waals surface area contributed by atoms with Crippen molar-refractivity contribution in [3.05, 3.63) is 149 Å². The molecule has 0 aromatic heterocycles. The van der Waals surface area contributed by atoms with Gasteiger partial charge in [0.2, 0.25) is 17.7 Å². The van der Waals surface area contributed by atoms with Crippen LogP contribution < -0.4 is 24.3 Å². The van der Waals surface area contributed by atoms with Gasteiger partial charge in [0, 0.05) is 11.6 Å². The fraction of sp³-hybridized carbons (Fsp3) is 0.186. The van der Waals surface area contributed by atoms with E-state index in [9.17, 15) is 0 Å². The first-order valence-electron chi connectivity index (χ1n) is 17.4. The van der Waals surface area contributed by atoms with Crippen LogP contribution in [0.25, 0.3) is 0 Å². The van der Waals surface area contributed by atoms with Crippen molar-refractivity contribution < 1.29 is 19.1 Å². The number of rotatable bonds is 5. The lowest BCUT2D eigenvalue weighted by Gasteiger charge is -2.52. The number of amides is 3. The van der Waals surface area contributed by atoms with E-state index in [-0.39, 0.29) is 16.1 Å². The summed E-state index contributed by atoms with van der Waals surface area (Å²) in [6, 6.07) is 37.6. The van der Waals surface area contributed by atoms with Crippen LogP contribution in [0.4, 0.5) is 22.7 Å². The molecule has 0 N–H and O–H groups in total. The number of fused-ring (bicyclic) bond motifs is 2. The molecule has 53 heavy (non-hydrogen) atoms. The summed E-state index contributed by atoms with van der Waals surface area (Å²) in [5, 5.41) is 0.270. The predicted molar refractivity (Wildman–Crippen MR) is 215 cm³/mol. The lowest BCUT2D eigenvalue weighted by Crippen LogP contribution is -2.69. The highest BCUT2D eigenvalue weighted by atomic mass is 32.1. The molecular formula is C43H36N4O4S2. The molecule has 5 aromatic rings. The number of para-hydroxylation sites is 1. The Labute approximate surface area is 319 Å². The van der Waals surface area contributed by atoms with E-state index in [0.717, 1.165) is 22.3 Å². The molecule has 0 unspecified atom stereocenters. The number of carbonyl (C=O) groups excluding carboxylic acids is 3. The minimum Gasteiger partial charge on any atom is -0.469 e. The highest BCUT2D eigenvalue weighted by molar-refractivity contribution is 7.81. The van der Waals surface area contributed by atoms with Gasteiger partial charge in [-0.1, -0.05) is 89.0 Å². The molecule has 0 spiro atoms. The average Bonchev–Trinajstić information content (AvgIpc) is 3.14. The van der Waals surface area contributed by atoms with Crippen LogP contribution in [-0.2, 0) is 14.4 Å². The van der Waals surface area contributed by atoms with E-state index in [1.54, 1.807) is 0 Å². The first-order chi connectivity index (χ1) is 25.5. The van der Waals surface area contributed by atoms with Gasteiger partial charge in [0.15, 0.2) is 16.5 Å². The van der Waals surface area contributed by atoms with E-state index >= 15 is 14.4 Å². The van der Waals surface area contributed by atoms with Crippen LogP contribution in [0.5, 0.6) is 5.75 Å². The number of benzene rings is 5. The second-order valence-electron chi connectivity index (χ2n) is 13.9. The van der Waals surface area contributed by atoms with Gasteiger partial charge < -0.3 is 4.74 Å². The van der Waals surface area contributed by atoms with Gasteiger partial charge in [-0.05, 0) is 112 Å². The number of carbonyl (C=O) groups is 3. The van der Waals surface area contributed by atoms with Gasteiger partial charge in [0.25, 0.3) is 0 Å². The Morgan fingerprint density at radius 3 is 1.32 bits per heavy atom. The number of anilines is 4. The van der Waals surface area contributed by atoms with Crippen LogP contribution in [0.2, 0.25) is 0 Å². The van der Waals surface area contributed by atoms with Crippen LogP contribution in [0.1, 0.15) is 33.7 Å². The summed E-state index contributed by atoms with van der Waals surface area (Å²) in [5.41, 5.74) is 6.99. The number of aryl methyl sites for hydroxylation is 4. The summed E-state index contributed by atoms with van der Waals surface area (Å²) in [4.78, 5) is 51.8. The zero-order valence-corrected chi connectivity index (χ0v) is 31.2. The van der Waals surface area contributed by atoms with Crippen molar-refractivity contribution >= 4 is 75.1 Å². The van der Waals surface area contributed by atoms with Gasteiger partial charge in [-0.25, -0.2) is 0 Å². The maximum atomic E-state index is 15.3. The molecule has 0 radical (unpaired) electrons. The fourth-order valence-electron chi connectivity index (χ4n) is 7.51. The molecule has 3 heterocycles. The molecule has 0 saturated carbocycles. The standard InChI is InChI=1S/C43H36N4O4S2/c1-25-9-17-29(18-10-25)44-38(48)36(39(49)45(42(44)52)30-19-11-26(2)12-20-30)35-33-7-5-6-8-34(33)51-41-37(35)40(50)46(31-21-13-27(3)14-22-31)43(53)47(41)32-23-15-28(4)16-24-32/h5-24,35-37,41H,1-4H3/t35-,37-,41+/m0/s1. The third-order valence-electron chi connectivity index (χ3n) is 10.3. The summed E-state index contributed by atoms with van der Waals surface area (Å²) in [7, 11) is 0. The normalized spacial score (nSPS) is 20.4. The molecular weight excluding hydrogens is 701 g/mol. The number of hydrogen-bond donors (Lipinski definition) is 0. The number of thiocarbonyl (C=S) groups is 2. The van der Waals surface area contributed by atoms with Crippen molar-refractivity contribution in [1.29, 1.82) is 0 Å². The fourth-order valence-corrected chi connectivity index (χ4v) is 8.31. The van der Waals surface area contributed by atoms with Crippen molar-refractivity contribution in [2.45, 2.75) is 39.8 Å². The molecule has 8 nitrogen and oxygen atoms in total. The largest absolute Gasteiger partial charge is 0.469 e. The highest BCUT2D eigenvalue weighted by Gasteiger charge is 2.60. The Kier molecular flexibility index (Phi) is 8.67. The first kappa shape index (κ1) is 34.4. The molecule has 0 bridgehead atoms. The van der Waals surface area contributed by atoms with Crippen LogP contribution in [0.15, 0.2) is 121 Å². The quantitative estimate of drug-likeness (QED) is 0.133.